The molecule has 7 heteroatoms. The van der Waals surface area contributed by atoms with Gasteiger partial charge in [0.1, 0.15) is 5.82 Å². The zero-order valence-corrected chi connectivity index (χ0v) is 13.1. The number of para-hydroxylation sites is 1. The van der Waals surface area contributed by atoms with Gasteiger partial charge in [0.05, 0.1) is 15.4 Å². The van der Waals surface area contributed by atoms with Crippen LogP contribution in [0.5, 0.6) is 0 Å². The minimum atomic E-state index is -0.541. The van der Waals surface area contributed by atoms with E-state index in [1.807, 2.05) is 25.1 Å². The second-order valence-electron chi connectivity index (χ2n) is 4.94. The molecule has 6 nitrogen and oxygen atoms in total. The van der Waals surface area contributed by atoms with E-state index in [0.717, 1.165) is 22.6 Å². The number of primary amides is 1. The molecule has 2 amide bonds. The maximum absolute atomic E-state index is 12.4. The lowest BCUT2D eigenvalue weighted by Gasteiger charge is -2.08. The summed E-state index contributed by atoms with van der Waals surface area (Å²) in [7, 11) is 0. The molecule has 3 rings (SSSR count). The molecule has 2 aromatic heterocycles. The van der Waals surface area contributed by atoms with Gasteiger partial charge < -0.3 is 16.0 Å². The smallest absolute Gasteiger partial charge is 0.265 e. The van der Waals surface area contributed by atoms with Crippen LogP contribution in [0.1, 0.15) is 25.0 Å². The lowest BCUT2D eigenvalue weighted by Crippen LogP contribution is -2.11. The molecule has 0 bridgehead atoms. The van der Waals surface area contributed by atoms with Crippen molar-refractivity contribution in [2.75, 3.05) is 5.32 Å². The van der Waals surface area contributed by atoms with E-state index in [-0.39, 0.29) is 5.91 Å². The van der Waals surface area contributed by atoms with E-state index < -0.39 is 5.91 Å². The third-order valence-electron chi connectivity index (χ3n) is 3.21. The fraction of sp³-hybridized carbons (Fsp3) is 0.0625. The summed E-state index contributed by atoms with van der Waals surface area (Å²) >= 11 is 1.06. The highest BCUT2D eigenvalue weighted by Crippen LogP contribution is 2.26. The normalized spacial score (nSPS) is 10.5. The highest BCUT2D eigenvalue weighted by molar-refractivity contribution is 7.16. The Bertz CT molecular complexity index is 882. The van der Waals surface area contributed by atoms with Crippen LogP contribution in [-0.2, 0) is 0 Å². The molecule has 0 atom stereocenters. The highest BCUT2D eigenvalue weighted by atomic mass is 32.1. The number of carbonyl (C=O) groups is 2. The molecule has 0 aliphatic heterocycles. The van der Waals surface area contributed by atoms with Crippen molar-refractivity contribution < 1.29 is 9.59 Å². The van der Waals surface area contributed by atoms with Gasteiger partial charge in [-0.25, -0.2) is 4.98 Å². The molecule has 4 N–H and O–H groups in total. The standard InChI is InChI=1S/C16H14N4O2S/c1-9-8-18-15(19-9)10-4-2-3-5-11(10)20-16(22)13-7-6-12(23-13)14(17)21/h2-8H,1H3,(H2,17,21)(H,18,19)(H,20,22). The van der Waals surface area contributed by atoms with Gasteiger partial charge in [0.25, 0.3) is 11.8 Å². The number of aryl methyl sites for hydroxylation is 1. The molecule has 1 aromatic carbocycles. The third kappa shape index (κ3) is 3.14. The number of hydrogen-bond donors (Lipinski definition) is 3. The molecule has 0 radical (unpaired) electrons. The lowest BCUT2D eigenvalue weighted by atomic mass is 10.1. The molecule has 3 aromatic rings. The van der Waals surface area contributed by atoms with Crippen LogP contribution < -0.4 is 11.1 Å². The van der Waals surface area contributed by atoms with Crippen LogP contribution in [0.15, 0.2) is 42.6 Å². The second-order valence-corrected chi connectivity index (χ2v) is 6.03. The summed E-state index contributed by atoms with van der Waals surface area (Å²) in [6, 6.07) is 10.5. The number of aromatic nitrogens is 2. The van der Waals surface area contributed by atoms with Gasteiger partial charge in [-0.3, -0.25) is 9.59 Å². The Morgan fingerprint density at radius 2 is 1.91 bits per heavy atom. The summed E-state index contributed by atoms with van der Waals surface area (Å²) in [4.78, 5) is 31.7. The van der Waals surface area contributed by atoms with Crippen LogP contribution in [0.25, 0.3) is 11.4 Å². The van der Waals surface area contributed by atoms with Crippen molar-refractivity contribution in [2.24, 2.45) is 5.73 Å². The number of nitrogens with two attached hydrogens (primary N) is 1. The molecule has 2 heterocycles. The minimum absolute atomic E-state index is 0.293. The Labute approximate surface area is 136 Å². The van der Waals surface area contributed by atoms with E-state index in [2.05, 4.69) is 15.3 Å². The van der Waals surface area contributed by atoms with Gasteiger partial charge in [0, 0.05) is 17.5 Å². The van der Waals surface area contributed by atoms with Crippen molar-refractivity contribution in [3.63, 3.8) is 0 Å². The number of nitrogens with zero attached hydrogens (tertiary/aromatic N) is 1. The molecule has 0 aliphatic carbocycles. The fourth-order valence-electron chi connectivity index (χ4n) is 2.12. The third-order valence-corrected chi connectivity index (χ3v) is 4.30. The molecule has 116 valence electrons. The molecule has 23 heavy (non-hydrogen) atoms. The first-order valence-corrected chi connectivity index (χ1v) is 7.68. The van der Waals surface area contributed by atoms with E-state index in [1.54, 1.807) is 24.4 Å². The van der Waals surface area contributed by atoms with E-state index in [0.29, 0.717) is 21.3 Å². The summed E-state index contributed by atoms with van der Waals surface area (Å²) in [5, 5.41) is 2.85. The van der Waals surface area contributed by atoms with Gasteiger partial charge >= 0.3 is 0 Å². The number of rotatable bonds is 4. The van der Waals surface area contributed by atoms with Gasteiger partial charge in [-0.2, -0.15) is 0 Å². The van der Waals surface area contributed by atoms with Gasteiger partial charge in [0.2, 0.25) is 0 Å². The SMILES string of the molecule is Cc1cnc(-c2ccccc2NC(=O)c2ccc(C(N)=O)s2)[nH]1. The molecule has 0 aliphatic rings. The molecular formula is C16H14N4O2S. The van der Waals surface area contributed by atoms with Gasteiger partial charge in [-0.1, -0.05) is 12.1 Å². The van der Waals surface area contributed by atoms with Crippen molar-refractivity contribution in [2.45, 2.75) is 6.92 Å². The average molecular weight is 326 g/mol. The van der Waals surface area contributed by atoms with E-state index in [1.165, 1.54) is 0 Å². The lowest BCUT2D eigenvalue weighted by molar-refractivity contribution is 0.100. The zero-order chi connectivity index (χ0) is 16.4. The topological polar surface area (TPSA) is 101 Å². The van der Waals surface area contributed by atoms with Crippen LogP contribution in [0.4, 0.5) is 5.69 Å². The molecule has 0 spiro atoms. The number of imidazole rings is 1. The zero-order valence-electron chi connectivity index (χ0n) is 12.3. The number of benzene rings is 1. The first kappa shape index (κ1) is 15.0. The number of H-pyrrole nitrogens is 1. The van der Waals surface area contributed by atoms with Crippen LogP contribution in [-0.4, -0.2) is 21.8 Å². The molecule has 0 saturated carbocycles. The number of thiophene rings is 1. The second kappa shape index (κ2) is 6.05. The van der Waals surface area contributed by atoms with Crippen molar-refractivity contribution in [1.82, 2.24) is 9.97 Å². The molecule has 0 saturated heterocycles. The quantitative estimate of drug-likeness (QED) is 0.687. The summed E-state index contributed by atoms with van der Waals surface area (Å²) in [5.41, 5.74) is 7.58. The van der Waals surface area contributed by atoms with Crippen LogP contribution in [0, 0.1) is 6.92 Å². The largest absolute Gasteiger partial charge is 0.365 e. The Balaban J connectivity index is 1.88. The maximum Gasteiger partial charge on any atom is 0.265 e. The molecule has 0 fully saturated rings. The van der Waals surface area contributed by atoms with E-state index >= 15 is 0 Å². The first-order valence-electron chi connectivity index (χ1n) is 6.86. The molecule has 0 unspecified atom stereocenters. The number of amides is 2. The monoisotopic (exact) mass is 326 g/mol. The van der Waals surface area contributed by atoms with E-state index in [9.17, 15) is 9.59 Å². The van der Waals surface area contributed by atoms with E-state index in [4.69, 9.17) is 5.73 Å². The highest BCUT2D eigenvalue weighted by Gasteiger charge is 2.15. The van der Waals surface area contributed by atoms with Crippen LogP contribution >= 0.6 is 11.3 Å². The minimum Gasteiger partial charge on any atom is -0.365 e. The maximum atomic E-state index is 12.4. The summed E-state index contributed by atoms with van der Waals surface area (Å²) in [6.45, 7) is 1.91. The predicted octanol–water partition coefficient (Wildman–Crippen LogP) is 2.80. The Kier molecular flexibility index (Phi) is 3.94. The number of carbonyl (C=O) groups excluding carboxylic acids is 2. The molecular weight excluding hydrogens is 312 g/mol. The van der Waals surface area contributed by atoms with Crippen molar-refractivity contribution in [3.8, 4) is 11.4 Å². The summed E-state index contributed by atoms with van der Waals surface area (Å²) < 4.78 is 0. The number of anilines is 1. The van der Waals surface area contributed by atoms with Crippen molar-refractivity contribution in [3.05, 3.63) is 58.0 Å². The number of nitrogens with one attached hydrogen (secondary N) is 2. The van der Waals surface area contributed by atoms with Crippen LogP contribution in [0.2, 0.25) is 0 Å². The van der Waals surface area contributed by atoms with Crippen molar-refractivity contribution in [1.29, 1.82) is 0 Å². The Morgan fingerprint density at radius 1 is 1.17 bits per heavy atom. The fourth-order valence-corrected chi connectivity index (χ4v) is 2.88. The average Bonchev–Trinajstić information content (AvgIpc) is 3.17. The van der Waals surface area contributed by atoms with Gasteiger partial charge in [0.15, 0.2) is 0 Å². The first-order chi connectivity index (χ1) is 11.0. The summed E-state index contributed by atoms with van der Waals surface area (Å²) in [5.74, 6) is -0.152. The number of hydrogen-bond acceptors (Lipinski definition) is 4. The Morgan fingerprint density at radius 3 is 2.57 bits per heavy atom. The van der Waals surface area contributed by atoms with Gasteiger partial charge in [-0.15, -0.1) is 11.3 Å². The number of aromatic amines is 1. The predicted molar refractivity (Wildman–Crippen MR) is 89.6 cm³/mol. The Hall–Kier alpha value is -2.93. The van der Waals surface area contributed by atoms with Crippen LogP contribution in [0.3, 0.4) is 0 Å². The van der Waals surface area contributed by atoms with Crippen molar-refractivity contribution >= 4 is 28.8 Å². The van der Waals surface area contributed by atoms with Gasteiger partial charge in [-0.05, 0) is 31.2 Å². The summed E-state index contributed by atoms with van der Waals surface area (Å²) in [6.07, 6.45) is 1.73.